The van der Waals surface area contributed by atoms with Crippen LogP contribution in [0.2, 0.25) is 0 Å². The zero-order valence-corrected chi connectivity index (χ0v) is 14.4. The van der Waals surface area contributed by atoms with Gasteiger partial charge in [0.2, 0.25) is 0 Å². The van der Waals surface area contributed by atoms with Crippen molar-refractivity contribution < 1.29 is 14.8 Å². The van der Waals surface area contributed by atoms with E-state index in [4.69, 9.17) is 0 Å². The Morgan fingerprint density at radius 2 is 1.93 bits per heavy atom. The molecule has 138 valence electrons. The van der Waals surface area contributed by atoms with E-state index >= 15 is 0 Å². The largest absolute Gasteiger partial charge is 0.508 e. The lowest BCUT2D eigenvalue weighted by molar-refractivity contribution is -0.384. The molecule has 0 saturated heterocycles. The predicted octanol–water partition coefficient (Wildman–Crippen LogP) is 3.64. The Balaban J connectivity index is 1.90. The topological polar surface area (TPSA) is 121 Å². The lowest BCUT2D eigenvalue weighted by Gasteiger charge is -2.08. The molecule has 0 aliphatic heterocycles. The van der Waals surface area contributed by atoms with Gasteiger partial charge in [-0.3, -0.25) is 14.9 Å². The maximum atomic E-state index is 12.4. The fraction of sp³-hybridized carbons (Fsp3) is 0. The molecule has 0 aliphatic carbocycles. The maximum absolute atomic E-state index is 12.4. The minimum absolute atomic E-state index is 0.0591. The van der Waals surface area contributed by atoms with Crippen molar-refractivity contribution in [1.82, 2.24) is 4.57 Å². The van der Waals surface area contributed by atoms with E-state index in [1.165, 1.54) is 42.5 Å². The van der Waals surface area contributed by atoms with Gasteiger partial charge in [-0.05, 0) is 48.5 Å². The number of phenols is 1. The van der Waals surface area contributed by atoms with Gasteiger partial charge in [-0.2, -0.15) is 5.26 Å². The number of aromatic nitrogens is 1. The number of carbonyl (C=O) groups is 1. The highest BCUT2D eigenvalue weighted by atomic mass is 16.6. The number of nitriles is 1. The fourth-order valence-electron chi connectivity index (χ4n) is 2.54. The van der Waals surface area contributed by atoms with Crippen LogP contribution in [-0.4, -0.2) is 20.5 Å². The minimum atomic E-state index is -0.611. The van der Waals surface area contributed by atoms with Crippen molar-refractivity contribution in [1.29, 1.82) is 5.26 Å². The number of anilines is 1. The van der Waals surface area contributed by atoms with E-state index in [1.54, 1.807) is 35.0 Å². The van der Waals surface area contributed by atoms with Crippen molar-refractivity contribution in [3.05, 3.63) is 88.2 Å². The molecule has 3 aromatic rings. The van der Waals surface area contributed by atoms with Crippen molar-refractivity contribution in [2.24, 2.45) is 0 Å². The number of phenolic OH excluding ortho intramolecular Hbond substituents is 1. The second kappa shape index (κ2) is 7.88. The van der Waals surface area contributed by atoms with Gasteiger partial charge in [-0.1, -0.05) is 6.07 Å². The van der Waals surface area contributed by atoms with Gasteiger partial charge in [-0.25, -0.2) is 0 Å². The Morgan fingerprint density at radius 3 is 2.61 bits per heavy atom. The molecular formula is C20H14N4O4. The van der Waals surface area contributed by atoms with E-state index < -0.39 is 10.8 Å². The number of non-ortho nitro benzene ring substituents is 1. The summed E-state index contributed by atoms with van der Waals surface area (Å²) in [6, 6.07) is 17.1. The first kappa shape index (κ1) is 18.4. The molecule has 1 amide bonds. The Bertz CT molecular complexity index is 1110. The molecule has 8 nitrogen and oxygen atoms in total. The Labute approximate surface area is 159 Å². The van der Waals surface area contributed by atoms with E-state index in [1.807, 2.05) is 6.07 Å². The number of nitrogens with zero attached hydrogens (tertiary/aromatic N) is 3. The summed E-state index contributed by atoms with van der Waals surface area (Å²) >= 11 is 0. The first-order chi connectivity index (χ1) is 13.5. The molecule has 0 bridgehead atoms. The molecular weight excluding hydrogens is 360 g/mol. The van der Waals surface area contributed by atoms with Gasteiger partial charge in [-0.15, -0.1) is 0 Å². The van der Waals surface area contributed by atoms with Crippen LogP contribution < -0.4 is 5.32 Å². The summed E-state index contributed by atoms with van der Waals surface area (Å²) in [5.41, 5.74) is 1.27. The Hall–Kier alpha value is -4.38. The number of carbonyl (C=O) groups excluding carboxylic acids is 1. The quantitative estimate of drug-likeness (QED) is 0.232. The maximum Gasteiger partial charge on any atom is 0.271 e. The van der Waals surface area contributed by atoms with E-state index in [-0.39, 0.29) is 17.0 Å². The highest BCUT2D eigenvalue weighted by Gasteiger charge is 2.13. The molecule has 1 heterocycles. The van der Waals surface area contributed by atoms with E-state index in [9.17, 15) is 25.3 Å². The SMILES string of the molecule is N#CC(=Cc1cccn1-c1cccc([N+](=O)[O-])c1)C(=O)Nc1ccc(O)cc1. The third kappa shape index (κ3) is 4.05. The first-order valence-electron chi connectivity index (χ1n) is 8.12. The summed E-state index contributed by atoms with van der Waals surface area (Å²) in [5, 5.41) is 32.2. The molecule has 0 atom stereocenters. The van der Waals surface area contributed by atoms with E-state index in [0.717, 1.165) is 0 Å². The highest BCUT2D eigenvalue weighted by molar-refractivity contribution is 6.09. The van der Waals surface area contributed by atoms with Gasteiger partial charge in [0, 0.05) is 29.7 Å². The average molecular weight is 374 g/mol. The molecule has 0 aliphatic rings. The van der Waals surface area contributed by atoms with Crippen LogP contribution >= 0.6 is 0 Å². The van der Waals surface area contributed by atoms with Crippen molar-refractivity contribution >= 4 is 23.4 Å². The van der Waals surface area contributed by atoms with Crippen LogP contribution in [0.5, 0.6) is 5.75 Å². The smallest absolute Gasteiger partial charge is 0.271 e. The van der Waals surface area contributed by atoms with Gasteiger partial charge in [0.15, 0.2) is 0 Å². The second-order valence-electron chi connectivity index (χ2n) is 5.75. The molecule has 3 rings (SSSR count). The lowest BCUT2D eigenvalue weighted by atomic mass is 10.2. The number of aromatic hydroxyl groups is 1. The molecule has 0 unspecified atom stereocenters. The molecule has 0 radical (unpaired) electrons. The molecule has 8 heteroatoms. The number of rotatable bonds is 5. The van der Waals surface area contributed by atoms with Gasteiger partial charge >= 0.3 is 0 Å². The molecule has 2 aromatic carbocycles. The fourth-order valence-corrected chi connectivity index (χ4v) is 2.54. The second-order valence-corrected chi connectivity index (χ2v) is 5.75. The number of nitro groups is 1. The summed E-state index contributed by atoms with van der Waals surface area (Å²) < 4.78 is 1.64. The van der Waals surface area contributed by atoms with Crippen LogP contribution in [0.15, 0.2) is 72.4 Å². The van der Waals surface area contributed by atoms with Crippen LogP contribution in [0, 0.1) is 21.4 Å². The predicted molar refractivity (Wildman–Crippen MR) is 103 cm³/mol. The molecule has 28 heavy (non-hydrogen) atoms. The van der Waals surface area contributed by atoms with Crippen molar-refractivity contribution in [3.8, 4) is 17.5 Å². The lowest BCUT2D eigenvalue weighted by Crippen LogP contribution is -2.13. The Morgan fingerprint density at radius 1 is 1.18 bits per heavy atom. The standard InChI is InChI=1S/C20H14N4O4/c21-13-14(20(26)22-15-6-8-19(25)9-7-15)11-16-5-2-10-23(16)17-3-1-4-18(12-17)24(27)28/h1-12,25H,(H,22,26). The zero-order valence-electron chi connectivity index (χ0n) is 14.4. The number of nitro benzene ring substituents is 1. The van der Waals surface area contributed by atoms with Crippen LogP contribution in [0.3, 0.4) is 0 Å². The van der Waals surface area contributed by atoms with Crippen molar-refractivity contribution in [3.63, 3.8) is 0 Å². The van der Waals surface area contributed by atoms with Crippen LogP contribution in [0.4, 0.5) is 11.4 Å². The number of hydrogen-bond donors (Lipinski definition) is 2. The van der Waals surface area contributed by atoms with Crippen molar-refractivity contribution in [2.75, 3.05) is 5.32 Å². The third-order valence-corrected chi connectivity index (χ3v) is 3.88. The Kier molecular flexibility index (Phi) is 5.18. The van der Waals surface area contributed by atoms with Gasteiger partial charge in [0.25, 0.3) is 11.6 Å². The summed E-state index contributed by atoms with van der Waals surface area (Å²) in [4.78, 5) is 22.9. The normalized spacial score (nSPS) is 10.9. The molecule has 0 fully saturated rings. The summed E-state index contributed by atoms with van der Waals surface area (Å²) in [7, 11) is 0. The van der Waals surface area contributed by atoms with E-state index in [0.29, 0.717) is 17.1 Å². The summed E-state index contributed by atoms with van der Waals surface area (Å²) in [6.07, 6.45) is 3.08. The number of hydrogen-bond acceptors (Lipinski definition) is 5. The van der Waals surface area contributed by atoms with Crippen LogP contribution in [-0.2, 0) is 4.79 Å². The third-order valence-electron chi connectivity index (χ3n) is 3.88. The van der Waals surface area contributed by atoms with Gasteiger partial charge < -0.3 is 15.0 Å². The molecule has 2 N–H and O–H groups in total. The first-order valence-corrected chi connectivity index (χ1v) is 8.12. The summed E-state index contributed by atoms with van der Waals surface area (Å²) in [6.45, 7) is 0. The number of amides is 1. The number of nitrogens with one attached hydrogen (secondary N) is 1. The van der Waals surface area contributed by atoms with Crippen molar-refractivity contribution in [2.45, 2.75) is 0 Å². The summed E-state index contributed by atoms with van der Waals surface area (Å²) in [5.74, 6) is -0.552. The van der Waals surface area contributed by atoms with E-state index in [2.05, 4.69) is 5.32 Å². The number of benzene rings is 2. The monoisotopic (exact) mass is 374 g/mol. The van der Waals surface area contributed by atoms with Crippen LogP contribution in [0.25, 0.3) is 11.8 Å². The molecule has 1 aromatic heterocycles. The molecule has 0 spiro atoms. The zero-order chi connectivity index (χ0) is 20.1. The highest BCUT2D eigenvalue weighted by Crippen LogP contribution is 2.21. The average Bonchev–Trinajstić information content (AvgIpc) is 3.16. The van der Waals surface area contributed by atoms with Crippen LogP contribution in [0.1, 0.15) is 5.69 Å². The van der Waals surface area contributed by atoms with Gasteiger partial charge in [0.1, 0.15) is 17.4 Å². The minimum Gasteiger partial charge on any atom is -0.508 e. The molecule has 0 saturated carbocycles. The van der Waals surface area contributed by atoms with Gasteiger partial charge in [0.05, 0.1) is 10.6 Å².